The topological polar surface area (TPSA) is 105 Å². The second kappa shape index (κ2) is 8.66. The molecule has 0 spiro atoms. The number of carbonyl (C=O) groups excluding carboxylic acids is 1. The van der Waals surface area contributed by atoms with E-state index in [2.05, 4.69) is 15.0 Å². The highest BCUT2D eigenvalue weighted by molar-refractivity contribution is 5.89. The molecule has 0 amide bonds. The third-order valence-corrected chi connectivity index (χ3v) is 5.69. The summed E-state index contributed by atoms with van der Waals surface area (Å²) in [5, 5.41) is 0. The van der Waals surface area contributed by atoms with Gasteiger partial charge in [-0.3, -0.25) is 0 Å². The van der Waals surface area contributed by atoms with Crippen molar-refractivity contribution < 1.29 is 14.3 Å². The average Bonchev–Trinajstić information content (AvgIpc) is 3.21. The van der Waals surface area contributed by atoms with Crippen LogP contribution in [-0.4, -0.2) is 32.1 Å². The van der Waals surface area contributed by atoms with Gasteiger partial charge in [0.25, 0.3) is 0 Å². The molecule has 2 heterocycles. The fraction of sp³-hybridized carbons (Fsp3) is 0.250. The van der Waals surface area contributed by atoms with Crippen LogP contribution in [0.2, 0.25) is 0 Å². The van der Waals surface area contributed by atoms with Crippen LogP contribution in [0.4, 0.5) is 5.95 Å². The molecule has 5 rings (SSSR count). The van der Waals surface area contributed by atoms with Crippen LogP contribution in [0.5, 0.6) is 5.88 Å². The van der Waals surface area contributed by atoms with E-state index in [1.165, 1.54) is 0 Å². The molecular formula is C24H23N5O3. The molecule has 1 saturated carbocycles. The zero-order chi connectivity index (χ0) is 21.9. The van der Waals surface area contributed by atoms with Crippen LogP contribution in [0.15, 0.2) is 67.0 Å². The molecule has 4 aromatic rings. The predicted molar refractivity (Wildman–Crippen MR) is 119 cm³/mol. The molecule has 8 heteroatoms. The number of nitrogens with two attached hydrogens (primary N) is 1. The van der Waals surface area contributed by atoms with Crippen LogP contribution in [0.25, 0.3) is 11.2 Å². The fourth-order valence-electron chi connectivity index (χ4n) is 3.92. The third-order valence-electron chi connectivity index (χ3n) is 5.69. The van der Waals surface area contributed by atoms with Crippen LogP contribution in [0.1, 0.15) is 34.8 Å². The number of ether oxygens (including phenoxy) is 2. The van der Waals surface area contributed by atoms with Crippen molar-refractivity contribution >= 4 is 23.1 Å². The number of nitrogens with zero attached hydrogens (tertiary/aromatic N) is 4. The maximum atomic E-state index is 12.1. The number of esters is 1. The number of nitrogen functional groups attached to an aromatic ring is 1. The molecule has 1 aliphatic carbocycles. The van der Waals surface area contributed by atoms with E-state index in [1.807, 2.05) is 53.1 Å². The lowest BCUT2D eigenvalue weighted by Crippen LogP contribution is -2.30. The number of carbonyl (C=O) groups is 1. The molecule has 2 aromatic carbocycles. The van der Waals surface area contributed by atoms with Crippen LogP contribution in [0, 0.1) is 5.92 Å². The number of hydrogen-bond donors (Lipinski definition) is 1. The number of anilines is 1. The van der Waals surface area contributed by atoms with Gasteiger partial charge >= 0.3 is 5.97 Å². The highest BCUT2D eigenvalue weighted by Crippen LogP contribution is 2.40. The van der Waals surface area contributed by atoms with Gasteiger partial charge in [0.05, 0.1) is 18.5 Å². The largest absolute Gasteiger partial charge is 0.471 e. The molecule has 162 valence electrons. The molecule has 0 saturated heterocycles. The van der Waals surface area contributed by atoms with Crippen molar-refractivity contribution in [2.45, 2.75) is 25.5 Å². The van der Waals surface area contributed by atoms with Crippen molar-refractivity contribution in [2.24, 2.45) is 5.92 Å². The summed E-state index contributed by atoms with van der Waals surface area (Å²) < 4.78 is 13.4. The van der Waals surface area contributed by atoms with Crippen molar-refractivity contribution in [1.29, 1.82) is 0 Å². The number of imidazole rings is 1. The number of benzene rings is 2. The highest BCUT2D eigenvalue weighted by Gasteiger charge is 2.33. The number of rotatable bonds is 7. The first-order valence-electron chi connectivity index (χ1n) is 10.6. The summed E-state index contributed by atoms with van der Waals surface area (Å²) in [6.45, 7) is 0.775. The summed E-state index contributed by atoms with van der Waals surface area (Å²) in [5.74, 6) is 0.540. The Bertz CT molecular complexity index is 1220. The van der Waals surface area contributed by atoms with Gasteiger partial charge in [0.1, 0.15) is 6.61 Å². The van der Waals surface area contributed by atoms with E-state index in [0.29, 0.717) is 41.7 Å². The maximum absolute atomic E-state index is 12.1. The van der Waals surface area contributed by atoms with Gasteiger partial charge in [0.15, 0.2) is 11.2 Å². The van der Waals surface area contributed by atoms with E-state index in [4.69, 9.17) is 15.2 Å². The lowest BCUT2D eigenvalue weighted by atomic mass is 9.80. The molecule has 0 atom stereocenters. The van der Waals surface area contributed by atoms with E-state index in [9.17, 15) is 4.79 Å². The quantitative estimate of drug-likeness (QED) is 0.446. The van der Waals surface area contributed by atoms with Gasteiger partial charge in [0, 0.05) is 6.04 Å². The minimum atomic E-state index is -0.289. The first kappa shape index (κ1) is 20.0. The molecule has 1 fully saturated rings. The lowest BCUT2D eigenvalue weighted by Gasteiger charge is -2.35. The van der Waals surface area contributed by atoms with Crippen molar-refractivity contribution in [3.8, 4) is 5.88 Å². The Morgan fingerprint density at radius 2 is 1.75 bits per heavy atom. The Hall–Kier alpha value is -3.94. The van der Waals surface area contributed by atoms with E-state index in [-0.39, 0.29) is 18.0 Å². The summed E-state index contributed by atoms with van der Waals surface area (Å²) in [7, 11) is 0. The molecule has 0 bridgehead atoms. The summed E-state index contributed by atoms with van der Waals surface area (Å²) in [6, 6.07) is 19.1. The van der Waals surface area contributed by atoms with Gasteiger partial charge in [-0.05, 0) is 36.5 Å². The molecule has 8 nitrogen and oxygen atoms in total. The molecule has 0 radical (unpaired) electrons. The van der Waals surface area contributed by atoms with Gasteiger partial charge in [-0.15, -0.1) is 0 Å². The Morgan fingerprint density at radius 3 is 2.50 bits per heavy atom. The Kier molecular flexibility index (Phi) is 5.41. The van der Waals surface area contributed by atoms with Gasteiger partial charge < -0.3 is 19.8 Å². The van der Waals surface area contributed by atoms with Gasteiger partial charge in [-0.1, -0.05) is 48.5 Å². The van der Waals surface area contributed by atoms with Gasteiger partial charge in [-0.2, -0.15) is 9.97 Å². The van der Waals surface area contributed by atoms with Crippen molar-refractivity contribution in [1.82, 2.24) is 19.5 Å². The van der Waals surface area contributed by atoms with E-state index in [0.717, 1.165) is 18.4 Å². The van der Waals surface area contributed by atoms with Crippen molar-refractivity contribution in [2.75, 3.05) is 12.3 Å². The first-order valence-corrected chi connectivity index (χ1v) is 10.6. The normalized spacial score (nSPS) is 17.6. The standard InChI is InChI=1S/C24H23N5O3/c25-24-27-21-20(22(28-24)31-13-16-7-3-1-4-8-16)26-15-29(21)19-11-17(12-19)14-32-23(30)18-9-5-2-6-10-18/h1-10,15,17,19H,11-14H2,(H2,25,27,28). The van der Waals surface area contributed by atoms with Crippen LogP contribution in [-0.2, 0) is 11.3 Å². The SMILES string of the molecule is Nc1nc(OCc2ccccc2)c2ncn(C3CC(COC(=O)c4ccccc4)C3)c2n1. The van der Waals surface area contributed by atoms with Gasteiger partial charge in [0.2, 0.25) is 11.8 Å². The minimum absolute atomic E-state index is 0.148. The summed E-state index contributed by atoms with van der Waals surface area (Å²) >= 11 is 0. The van der Waals surface area contributed by atoms with Crippen molar-refractivity contribution in [3.05, 3.63) is 78.1 Å². The van der Waals surface area contributed by atoms with Crippen LogP contribution < -0.4 is 10.5 Å². The summed E-state index contributed by atoms with van der Waals surface area (Å²) in [6.07, 6.45) is 3.50. The molecule has 0 unspecified atom stereocenters. The number of fused-ring (bicyclic) bond motifs is 1. The van der Waals surface area contributed by atoms with E-state index < -0.39 is 0 Å². The zero-order valence-corrected chi connectivity index (χ0v) is 17.4. The molecule has 2 N–H and O–H groups in total. The number of aromatic nitrogens is 4. The Morgan fingerprint density at radius 1 is 1.03 bits per heavy atom. The molecule has 1 aliphatic rings. The monoisotopic (exact) mass is 429 g/mol. The zero-order valence-electron chi connectivity index (χ0n) is 17.4. The third kappa shape index (κ3) is 4.12. The second-order valence-electron chi connectivity index (χ2n) is 7.94. The Balaban J connectivity index is 1.23. The number of hydrogen-bond acceptors (Lipinski definition) is 7. The highest BCUT2D eigenvalue weighted by atomic mass is 16.5. The minimum Gasteiger partial charge on any atom is -0.471 e. The average molecular weight is 429 g/mol. The van der Waals surface area contributed by atoms with Crippen LogP contribution >= 0.6 is 0 Å². The van der Waals surface area contributed by atoms with Crippen LogP contribution in [0.3, 0.4) is 0 Å². The first-order chi connectivity index (χ1) is 15.7. The Labute approximate surface area is 185 Å². The van der Waals surface area contributed by atoms with E-state index >= 15 is 0 Å². The maximum Gasteiger partial charge on any atom is 0.338 e. The predicted octanol–water partition coefficient (Wildman–Crippen LogP) is 3.80. The van der Waals surface area contributed by atoms with Gasteiger partial charge in [-0.25, -0.2) is 9.78 Å². The summed E-state index contributed by atoms with van der Waals surface area (Å²) in [4.78, 5) is 25.2. The lowest BCUT2D eigenvalue weighted by molar-refractivity contribution is 0.0302. The molecule has 2 aromatic heterocycles. The molecule has 32 heavy (non-hydrogen) atoms. The molecular weight excluding hydrogens is 406 g/mol. The summed E-state index contributed by atoms with van der Waals surface area (Å²) in [5.41, 5.74) is 8.79. The molecule has 0 aliphatic heterocycles. The van der Waals surface area contributed by atoms with Crippen molar-refractivity contribution in [3.63, 3.8) is 0 Å². The second-order valence-corrected chi connectivity index (χ2v) is 7.94. The fourth-order valence-corrected chi connectivity index (χ4v) is 3.92. The van der Waals surface area contributed by atoms with E-state index in [1.54, 1.807) is 18.5 Å². The smallest absolute Gasteiger partial charge is 0.338 e.